The van der Waals surface area contributed by atoms with Crippen LogP contribution < -0.4 is 15.2 Å². The first-order valence-corrected chi connectivity index (χ1v) is 6.14. The van der Waals surface area contributed by atoms with Crippen LogP contribution in [0.1, 0.15) is 18.9 Å². The lowest BCUT2D eigenvalue weighted by atomic mass is 10.1. The van der Waals surface area contributed by atoms with E-state index in [1.165, 1.54) is 0 Å². The zero-order valence-electron chi connectivity index (χ0n) is 10.7. The van der Waals surface area contributed by atoms with E-state index in [-0.39, 0.29) is 6.04 Å². The molecule has 1 rings (SSSR count). The van der Waals surface area contributed by atoms with Crippen molar-refractivity contribution in [1.29, 1.82) is 0 Å². The zero-order chi connectivity index (χ0) is 13.5. The summed E-state index contributed by atoms with van der Waals surface area (Å²) < 4.78 is 10.8. The van der Waals surface area contributed by atoms with Crippen molar-refractivity contribution < 1.29 is 9.47 Å². The van der Waals surface area contributed by atoms with Gasteiger partial charge in [-0.3, -0.25) is 0 Å². The Morgan fingerprint density at radius 1 is 1.50 bits per heavy atom. The summed E-state index contributed by atoms with van der Waals surface area (Å²) in [5.41, 5.74) is 6.79. The Labute approximate surface area is 113 Å². The van der Waals surface area contributed by atoms with Crippen LogP contribution in [0.4, 0.5) is 0 Å². The molecule has 98 valence electrons. The van der Waals surface area contributed by atoms with E-state index in [1.54, 1.807) is 7.11 Å². The molecule has 4 heteroatoms. The average Bonchev–Trinajstić information content (AvgIpc) is 2.30. The van der Waals surface area contributed by atoms with Crippen LogP contribution in [0, 0.1) is 12.3 Å². The number of hydrogen-bond donors (Lipinski definition) is 1. The highest BCUT2D eigenvalue weighted by molar-refractivity contribution is 6.32. The van der Waals surface area contributed by atoms with Gasteiger partial charge in [-0.05, 0) is 31.0 Å². The summed E-state index contributed by atoms with van der Waals surface area (Å²) in [5.74, 6) is 3.64. The first kappa shape index (κ1) is 14.7. The Bertz CT molecular complexity index is 438. The van der Waals surface area contributed by atoms with Crippen LogP contribution in [0.25, 0.3) is 0 Å². The van der Waals surface area contributed by atoms with Crippen molar-refractivity contribution in [2.24, 2.45) is 5.73 Å². The van der Waals surface area contributed by atoms with E-state index in [4.69, 9.17) is 33.2 Å². The van der Waals surface area contributed by atoms with Gasteiger partial charge < -0.3 is 15.2 Å². The number of hydrogen-bond acceptors (Lipinski definition) is 3. The van der Waals surface area contributed by atoms with Crippen molar-refractivity contribution in [3.8, 4) is 23.8 Å². The maximum absolute atomic E-state index is 6.18. The van der Waals surface area contributed by atoms with Crippen molar-refractivity contribution in [3.63, 3.8) is 0 Å². The minimum Gasteiger partial charge on any atom is -0.493 e. The number of methoxy groups -OCH3 is 1. The summed E-state index contributed by atoms with van der Waals surface area (Å²) in [7, 11) is 1.58. The second-order valence-electron chi connectivity index (χ2n) is 4.09. The first-order valence-electron chi connectivity index (χ1n) is 5.76. The highest BCUT2D eigenvalue weighted by Crippen LogP contribution is 2.36. The summed E-state index contributed by atoms with van der Waals surface area (Å²) in [6, 6.07) is 3.80. The van der Waals surface area contributed by atoms with Gasteiger partial charge in [-0.2, -0.15) is 0 Å². The largest absolute Gasteiger partial charge is 0.493 e. The van der Waals surface area contributed by atoms with Gasteiger partial charge >= 0.3 is 0 Å². The Balaban J connectivity index is 2.93. The van der Waals surface area contributed by atoms with Gasteiger partial charge in [0, 0.05) is 12.5 Å². The number of terminal acetylenes is 1. The summed E-state index contributed by atoms with van der Waals surface area (Å²) in [6.45, 7) is 2.36. The van der Waals surface area contributed by atoms with E-state index in [9.17, 15) is 0 Å². The van der Waals surface area contributed by atoms with E-state index in [0.29, 0.717) is 29.5 Å². The highest BCUT2D eigenvalue weighted by atomic mass is 35.5. The molecule has 1 unspecified atom stereocenters. The van der Waals surface area contributed by atoms with Crippen LogP contribution in [0.15, 0.2) is 12.1 Å². The molecule has 18 heavy (non-hydrogen) atoms. The number of halogens is 1. The number of ether oxygens (including phenoxy) is 2. The third kappa shape index (κ3) is 4.14. The zero-order valence-corrected chi connectivity index (χ0v) is 11.5. The van der Waals surface area contributed by atoms with Gasteiger partial charge in [-0.15, -0.1) is 12.3 Å². The Morgan fingerprint density at radius 2 is 2.22 bits per heavy atom. The second-order valence-corrected chi connectivity index (χ2v) is 4.50. The fourth-order valence-corrected chi connectivity index (χ4v) is 1.90. The minimum atomic E-state index is 0.0685. The van der Waals surface area contributed by atoms with Gasteiger partial charge in [0.1, 0.15) is 0 Å². The SMILES string of the molecule is C#CCCOc1c(Cl)cc(CC(C)N)cc1OC. The van der Waals surface area contributed by atoms with Gasteiger partial charge in [0.15, 0.2) is 11.5 Å². The molecule has 0 bridgehead atoms. The highest BCUT2D eigenvalue weighted by Gasteiger charge is 2.12. The van der Waals surface area contributed by atoms with Crippen molar-refractivity contribution in [3.05, 3.63) is 22.7 Å². The molecule has 0 aliphatic carbocycles. The first-order chi connectivity index (χ1) is 8.58. The third-order valence-corrected chi connectivity index (χ3v) is 2.62. The van der Waals surface area contributed by atoms with E-state index in [1.807, 2.05) is 19.1 Å². The van der Waals surface area contributed by atoms with Gasteiger partial charge in [0.05, 0.1) is 18.7 Å². The fourth-order valence-electron chi connectivity index (χ4n) is 1.61. The average molecular weight is 268 g/mol. The molecule has 0 radical (unpaired) electrons. The number of nitrogens with two attached hydrogens (primary N) is 1. The predicted octanol–water partition coefficient (Wildman–Crippen LogP) is 2.64. The Morgan fingerprint density at radius 3 is 2.78 bits per heavy atom. The second kappa shape index (κ2) is 7.15. The lowest BCUT2D eigenvalue weighted by Gasteiger charge is -2.14. The lowest BCUT2D eigenvalue weighted by Crippen LogP contribution is -2.17. The fraction of sp³-hybridized carbons (Fsp3) is 0.429. The Kier molecular flexibility index (Phi) is 5.84. The minimum absolute atomic E-state index is 0.0685. The van der Waals surface area contributed by atoms with Crippen LogP contribution in [-0.2, 0) is 6.42 Å². The molecule has 0 aliphatic rings. The Hall–Kier alpha value is -1.37. The predicted molar refractivity (Wildman–Crippen MR) is 74.3 cm³/mol. The number of benzene rings is 1. The standard InChI is InChI=1S/C14H18ClNO2/c1-4-5-6-18-14-12(15)8-11(7-10(2)16)9-13(14)17-3/h1,8-10H,5-7,16H2,2-3H3. The molecule has 2 N–H and O–H groups in total. The van der Waals surface area contributed by atoms with E-state index >= 15 is 0 Å². The van der Waals surface area contributed by atoms with Crippen LogP contribution >= 0.6 is 11.6 Å². The van der Waals surface area contributed by atoms with E-state index < -0.39 is 0 Å². The van der Waals surface area contributed by atoms with Crippen LogP contribution in [0.3, 0.4) is 0 Å². The van der Waals surface area contributed by atoms with Crippen molar-refractivity contribution in [1.82, 2.24) is 0 Å². The molecule has 0 aromatic heterocycles. The molecular weight excluding hydrogens is 250 g/mol. The van der Waals surface area contributed by atoms with E-state index in [2.05, 4.69) is 5.92 Å². The smallest absolute Gasteiger partial charge is 0.179 e. The van der Waals surface area contributed by atoms with Crippen LogP contribution in [0.5, 0.6) is 11.5 Å². The van der Waals surface area contributed by atoms with Gasteiger partial charge in [0.25, 0.3) is 0 Å². The quantitative estimate of drug-likeness (QED) is 0.637. The number of rotatable bonds is 6. The topological polar surface area (TPSA) is 44.5 Å². The molecule has 1 atom stereocenters. The molecule has 0 fully saturated rings. The molecule has 0 saturated heterocycles. The van der Waals surface area contributed by atoms with Crippen molar-refractivity contribution in [2.75, 3.05) is 13.7 Å². The molecule has 3 nitrogen and oxygen atoms in total. The molecule has 0 spiro atoms. The monoisotopic (exact) mass is 267 g/mol. The van der Waals surface area contributed by atoms with E-state index in [0.717, 1.165) is 12.0 Å². The molecule has 0 saturated carbocycles. The normalized spacial score (nSPS) is 11.7. The van der Waals surface area contributed by atoms with Crippen molar-refractivity contribution >= 4 is 11.6 Å². The summed E-state index contributed by atoms with van der Waals surface area (Å²) in [6.07, 6.45) is 6.44. The molecular formula is C14H18ClNO2. The van der Waals surface area contributed by atoms with Crippen LogP contribution in [0.2, 0.25) is 5.02 Å². The molecule has 0 aliphatic heterocycles. The molecule has 1 aromatic rings. The third-order valence-electron chi connectivity index (χ3n) is 2.34. The summed E-state index contributed by atoms with van der Waals surface area (Å²) in [5, 5.41) is 0.516. The van der Waals surface area contributed by atoms with Crippen LogP contribution in [-0.4, -0.2) is 19.8 Å². The van der Waals surface area contributed by atoms with Crippen molar-refractivity contribution in [2.45, 2.75) is 25.8 Å². The molecule has 0 amide bonds. The molecule has 1 aromatic carbocycles. The van der Waals surface area contributed by atoms with Gasteiger partial charge in [-0.1, -0.05) is 11.6 Å². The maximum atomic E-state index is 6.18. The lowest BCUT2D eigenvalue weighted by molar-refractivity contribution is 0.301. The maximum Gasteiger partial charge on any atom is 0.179 e. The summed E-state index contributed by atoms with van der Waals surface area (Å²) >= 11 is 6.18. The summed E-state index contributed by atoms with van der Waals surface area (Å²) in [4.78, 5) is 0. The van der Waals surface area contributed by atoms with Gasteiger partial charge in [0.2, 0.25) is 0 Å². The van der Waals surface area contributed by atoms with Gasteiger partial charge in [-0.25, -0.2) is 0 Å². The molecule has 0 heterocycles.